The molecule has 0 bridgehead atoms. The van der Waals surface area contributed by atoms with Crippen LogP contribution in [0, 0.1) is 0 Å². The molecule has 0 spiro atoms. The number of rotatable bonds is 2. The molecule has 1 rings (SSSR count). The van der Waals surface area contributed by atoms with Gasteiger partial charge in [-0.15, -0.1) is 0 Å². The molecule has 0 saturated heterocycles. The number of aliphatic carboxylic acids is 1. The molecule has 1 aromatic rings. The van der Waals surface area contributed by atoms with Gasteiger partial charge < -0.3 is 16.6 Å². The summed E-state index contributed by atoms with van der Waals surface area (Å²) in [5.74, 6) is -1.10. The SMILES string of the molecule is Nc1cnccc1[C@H](N)C(=O)O. The summed E-state index contributed by atoms with van der Waals surface area (Å²) in [5, 5.41) is 8.56. The molecule has 0 aromatic carbocycles. The number of carboxylic acids is 1. The van der Waals surface area contributed by atoms with Crippen molar-refractivity contribution < 1.29 is 9.90 Å². The van der Waals surface area contributed by atoms with Crippen molar-refractivity contribution in [3.8, 4) is 0 Å². The Kier molecular flexibility index (Phi) is 2.25. The minimum atomic E-state index is -1.10. The van der Waals surface area contributed by atoms with Gasteiger partial charge in [-0.3, -0.25) is 9.78 Å². The molecule has 5 nitrogen and oxygen atoms in total. The molecule has 1 atom stereocenters. The van der Waals surface area contributed by atoms with Crippen molar-refractivity contribution in [1.29, 1.82) is 0 Å². The standard InChI is InChI=1S/C7H9N3O2/c8-5-3-10-2-1-4(5)6(9)7(11)12/h1-3,6H,8-9H2,(H,11,12)/t6-/m0/s1. The van der Waals surface area contributed by atoms with Crippen LogP contribution in [0.1, 0.15) is 11.6 Å². The predicted molar refractivity (Wildman–Crippen MR) is 43.2 cm³/mol. The van der Waals surface area contributed by atoms with Gasteiger partial charge in [0.15, 0.2) is 0 Å². The van der Waals surface area contributed by atoms with Crippen molar-refractivity contribution in [3.05, 3.63) is 24.0 Å². The number of pyridine rings is 1. The maximum absolute atomic E-state index is 10.5. The summed E-state index contributed by atoms with van der Waals surface area (Å²) in [6.45, 7) is 0. The van der Waals surface area contributed by atoms with Gasteiger partial charge in [0.1, 0.15) is 6.04 Å². The molecule has 0 amide bonds. The summed E-state index contributed by atoms with van der Waals surface area (Å²) in [7, 11) is 0. The van der Waals surface area contributed by atoms with E-state index < -0.39 is 12.0 Å². The maximum atomic E-state index is 10.5. The van der Waals surface area contributed by atoms with Gasteiger partial charge in [-0.05, 0) is 6.07 Å². The Hall–Kier alpha value is -1.62. The first-order valence-corrected chi connectivity index (χ1v) is 3.30. The number of hydrogen-bond acceptors (Lipinski definition) is 4. The number of nitrogen functional groups attached to an aromatic ring is 1. The van der Waals surface area contributed by atoms with Gasteiger partial charge in [0.2, 0.25) is 0 Å². The summed E-state index contributed by atoms with van der Waals surface area (Å²) < 4.78 is 0. The van der Waals surface area contributed by atoms with E-state index in [1.807, 2.05) is 0 Å². The summed E-state index contributed by atoms with van der Waals surface area (Å²) in [6, 6.07) is 0.418. The fourth-order valence-electron chi connectivity index (χ4n) is 0.834. The summed E-state index contributed by atoms with van der Waals surface area (Å²) in [5.41, 5.74) is 11.5. The first kappa shape index (κ1) is 8.48. The average molecular weight is 167 g/mol. The highest BCUT2D eigenvalue weighted by Crippen LogP contribution is 2.16. The Labute approximate surface area is 69.0 Å². The average Bonchev–Trinajstić information content (AvgIpc) is 2.04. The van der Waals surface area contributed by atoms with Gasteiger partial charge in [-0.25, -0.2) is 0 Å². The largest absolute Gasteiger partial charge is 0.480 e. The van der Waals surface area contributed by atoms with Crippen LogP contribution < -0.4 is 11.5 Å². The first-order chi connectivity index (χ1) is 5.63. The van der Waals surface area contributed by atoms with E-state index in [9.17, 15) is 4.79 Å². The quantitative estimate of drug-likeness (QED) is 0.563. The topological polar surface area (TPSA) is 102 Å². The lowest BCUT2D eigenvalue weighted by Gasteiger charge is -2.08. The van der Waals surface area contributed by atoms with Crippen molar-refractivity contribution in [1.82, 2.24) is 4.98 Å². The monoisotopic (exact) mass is 167 g/mol. The maximum Gasteiger partial charge on any atom is 0.325 e. The fraction of sp³-hybridized carbons (Fsp3) is 0.143. The molecule has 0 aliphatic heterocycles. The van der Waals surface area contributed by atoms with Gasteiger partial charge in [-0.2, -0.15) is 0 Å². The molecule has 0 radical (unpaired) electrons. The van der Waals surface area contributed by atoms with Crippen molar-refractivity contribution in [2.45, 2.75) is 6.04 Å². The molecule has 0 unspecified atom stereocenters. The van der Waals surface area contributed by atoms with E-state index in [-0.39, 0.29) is 0 Å². The number of nitrogens with zero attached hydrogens (tertiary/aromatic N) is 1. The second-order valence-corrected chi connectivity index (χ2v) is 2.32. The van der Waals surface area contributed by atoms with Crippen LogP contribution in [0.4, 0.5) is 5.69 Å². The molecule has 5 N–H and O–H groups in total. The van der Waals surface area contributed by atoms with Gasteiger partial charge in [0.25, 0.3) is 0 Å². The second kappa shape index (κ2) is 3.19. The number of hydrogen-bond donors (Lipinski definition) is 3. The highest BCUT2D eigenvalue weighted by molar-refractivity contribution is 5.77. The Balaban J connectivity index is 3.02. The Morgan fingerprint density at radius 2 is 2.33 bits per heavy atom. The first-order valence-electron chi connectivity index (χ1n) is 3.30. The minimum absolute atomic E-state index is 0.299. The smallest absolute Gasteiger partial charge is 0.325 e. The van der Waals surface area contributed by atoms with Gasteiger partial charge in [0.05, 0.1) is 11.9 Å². The number of nitrogens with two attached hydrogens (primary N) is 2. The zero-order valence-electron chi connectivity index (χ0n) is 6.27. The normalized spacial score (nSPS) is 12.4. The highest BCUT2D eigenvalue weighted by Gasteiger charge is 2.16. The van der Waals surface area contributed by atoms with Crippen LogP contribution in [0.5, 0.6) is 0 Å². The molecular formula is C7H9N3O2. The van der Waals surface area contributed by atoms with Crippen LogP contribution >= 0.6 is 0 Å². The third-order valence-corrected chi connectivity index (χ3v) is 1.49. The van der Waals surface area contributed by atoms with Gasteiger partial charge in [0, 0.05) is 11.8 Å². The van der Waals surface area contributed by atoms with E-state index >= 15 is 0 Å². The molecule has 64 valence electrons. The number of carbonyl (C=O) groups is 1. The number of carboxylic acid groups (broad SMARTS) is 1. The number of anilines is 1. The third-order valence-electron chi connectivity index (χ3n) is 1.49. The Morgan fingerprint density at radius 3 is 2.83 bits per heavy atom. The zero-order valence-corrected chi connectivity index (χ0v) is 6.27. The van der Waals surface area contributed by atoms with E-state index in [2.05, 4.69) is 4.98 Å². The summed E-state index contributed by atoms with van der Waals surface area (Å²) in [6.07, 6.45) is 2.83. The lowest BCUT2D eigenvalue weighted by Crippen LogP contribution is -2.21. The second-order valence-electron chi connectivity index (χ2n) is 2.32. The lowest BCUT2D eigenvalue weighted by molar-refractivity contribution is -0.138. The van der Waals surface area contributed by atoms with Crippen LogP contribution in [-0.4, -0.2) is 16.1 Å². The molecule has 1 aromatic heterocycles. The summed E-state index contributed by atoms with van der Waals surface area (Å²) in [4.78, 5) is 14.2. The molecular weight excluding hydrogens is 158 g/mol. The zero-order chi connectivity index (χ0) is 9.14. The van der Waals surface area contributed by atoms with Gasteiger partial charge in [-0.1, -0.05) is 0 Å². The van der Waals surface area contributed by atoms with Crippen LogP contribution in [0.2, 0.25) is 0 Å². The van der Waals surface area contributed by atoms with Crippen LogP contribution in [0.15, 0.2) is 18.5 Å². The summed E-state index contributed by atoms with van der Waals surface area (Å²) >= 11 is 0. The minimum Gasteiger partial charge on any atom is -0.480 e. The molecule has 0 saturated carbocycles. The molecule has 0 aliphatic carbocycles. The molecule has 12 heavy (non-hydrogen) atoms. The van der Waals surface area contributed by atoms with Crippen LogP contribution in [0.3, 0.4) is 0 Å². The van der Waals surface area contributed by atoms with E-state index in [1.54, 1.807) is 0 Å². The third kappa shape index (κ3) is 1.51. The molecule has 1 heterocycles. The van der Waals surface area contributed by atoms with E-state index in [4.69, 9.17) is 16.6 Å². The van der Waals surface area contributed by atoms with Crippen molar-refractivity contribution in [3.63, 3.8) is 0 Å². The Morgan fingerprint density at radius 1 is 1.67 bits per heavy atom. The van der Waals surface area contributed by atoms with E-state index in [1.165, 1.54) is 18.5 Å². The Bertz CT molecular complexity index is 300. The number of aromatic nitrogens is 1. The molecule has 5 heteroatoms. The van der Waals surface area contributed by atoms with E-state index in [0.717, 1.165) is 0 Å². The molecule has 0 fully saturated rings. The van der Waals surface area contributed by atoms with Crippen LogP contribution in [0.25, 0.3) is 0 Å². The van der Waals surface area contributed by atoms with Crippen molar-refractivity contribution >= 4 is 11.7 Å². The highest BCUT2D eigenvalue weighted by atomic mass is 16.4. The molecule has 0 aliphatic rings. The van der Waals surface area contributed by atoms with Crippen molar-refractivity contribution in [2.24, 2.45) is 5.73 Å². The van der Waals surface area contributed by atoms with Crippen LogP contribution in [-0.2, 0) is 4.79 Å². The fourth-order valence-corrected chi connectivity index (χ4v) is 0.834. The van der Waals surface area contributed by atoms with E-state index in [0.29, 0.717) is 11.3 Å². The lowest BCUT2D eigenvalue weighted by atomic mass is 10.1. The van der Waals surface area contributed by atoms with Crippen molar-refractivity contribution in [2.75, 3.05) is 5.73 Å². The predicted octanol–water partition coefficient (Wildman–Crippen LogP) is -0.252. The van der Waals surface area contributed by atoms with Gasteiger partial charge >= 0.3 is 5.97 Å².